The summed E-state index contributed by atoms with van der Waals surface area (Å²) in [5.41, 5.74) is 3.55. The normalized spacial score (nSPS) is 10.6. The molecule has 10 heteroatoms. The summed E-state index contributed by atoms with van der Waals surface area (Å²) >= 11 is 9.28. The molecule has 0 unspecified atom stereocenters. The van der Waals surface area contributed by atoms with Crippen molar-refractivity contribution >= 4 is 51.5 Å². The number of nitrogens with zero attached hydrogens (tertiary/aromatic N) is 1. The van der Waals surface area contributed by atoms with Crippen molar-refractivity contribution in [1.82, 2.24) is 10.7 Å². The van der Waals surface area contributed by atoms with Crippen molar-refractivity contribution in [3.63, 3.8) is 0 Å². The maximum Gasteiger partial charge on any atom is 0.343 e. The van der Waals surface area contributed by atoms with Crippen LogP contribution in [-0.4, -0.2) is 37.7 Å². The molecule has 0 atom stereocenters. The number of rotatable bonds is 8. The standard InChI is InChI=1S/C24H19BrClN3O5/c1-33-21-11-15(9-10-20(21)34-24(32)16-5-4-6-17(25)12-16)13-28-29-22(30)14-27-23(31)18-7-2-3-8-19(18)26/h2-13H,14H2,1H3,(H,27,31)(H,29,30). The summed E-state index contributed by atoms with van der Waals surface area (Å²) in [6, 6.07) is 18.1. The summed E-state index contributed by atoms with van der Waals surface area (Å²) in [6.45, 7) is -0.283. The van der Waals surface area contributed by atoms with E-state index < -0.39 is 17.8 Å². The highest BCUT2D eigenvalue weighted by molar-refractivity contribution is 9.10. The molecule has 2 N–H and O–H groups in total. The first-order chi connectivity index (χ1) is 16.4. The fraction of sp³-hybridized carbons (Fsp3) is 0.0833. The SMILES string of the molecule is COc1cc(C=NNC(=O)CNC(=O)c2ccccc2Cl)ccc1OC(=O)c1cccc(Br)c1. The van der Waals surface area contributed by atoms with Crippen LogP contribution in [0.4, 0.5) is 0 Å². The van der Waals surface area contributed by atoms with Crippen LogP contribution >= 0.6 is 27.5 Å². The van der Waals surface area contributed by atoms with Crippen LogP contribution in [0.2, 0.25) is 5.02 Å². The van der Waals surface area contributed by atoms with E-state index in [0.29, 0.717) is 16.9 Å². The second-order valence-corrected chi connectivity index (χ2v) is 8.09. The quantitative estimate of drug-likeness (QED) is 0.191. The van der Waals surface area contributed by atoms with E-state index in [1.54, 1.807) is 66.7 Å². The Morgan fingerprint density at radius 3 is 2.56 bits per heavy atom. The third kappa shape index (κ3) is 6.90. The Balaban J connectivity index is 1.55. The lowest BCUT2D eigenvalue weighted by Gasteiger charge is -2.10. The number of hydrazone groups is 1. The number of esters is 1. The lowest BCUT2D eigenvalue weighted by molar-refractivity contribution is -0.120. The molecule has 0 bridgehead atoms. The van der Waals surface area contributed by atoms with Crippen molar-refractivity contribution in [2.75, 3.05) is 13.7 Å². The molecule has 3 rings (SSSR count). The Morgan fingerprint density at radius 2 is 1.82 bits per heavy atom. The van der Waals surface area contributed by atoms with E-state index in [9.17, 15) is 14.4 Å². The molecule has 0 saturated heterocycles. The molecule has 2 amide bonds. The van der Waals surface area contributed by atoms with Crippen molar-refractivity contribution in [3.05, 3.63) is 92.9 Å². The number of nitrogens with one attached hydrogen (secondary N) is 2. The molecular weight excluding hydrogens is 526 g/mol. The molecule has 3 aromatic rings. The van der Waals surface area contributed by atoms with Gasteiger partial charge in [0.2, 0.25) is 0 Å². The smallest absolute Gasteiger partial charge is 0.343 e. The van der Waals surface area contributed by atoms with E-state index in [4.69, 9.17) is 21.1 Å². The van der Waals surface area contributed by atoms with Crippen LogP contribution in [0, 0.1) is 0 Å². The van der Waals surface area contributed by atoms with Crippen LogP contribution < -0.4 is 20.2 Å². The van der Waals surface area contributed by atoms with Crippen molar-refractivity contribution in [2.45, 2.75) is 0 Å². The van der Waals surface area contributed by atoms with Gasteiger partial charge in [-0.05, 0) is 54.1 Å². The van der Waals surface area contributed by atoms with Gasteiger partial charge in [0.25, 0.3) is 11.8 Å². The molecule has 0 aliphatic rings. The number of carbonyl (C=O) groups is 3. The van der Waals surface area contributed by atoms with Crippen LogP contribution in [0.1, 0.15) is 26.3 Å². The van der Waals surface area contributed by atoms with Gasteiger partial charge in [-0.3, -0.25) is 9.59 Å². The highest BCUT2D eigenvalue weighted by Gasteiger charge is 2.13. The van der Waals surface area contributed by atoms with Crippen LogP contribution in [0.25, 0.3) is 0 Å². The lowest BCUT2D eigenvalue weighted by atomic mass is 10.2. The molecule has 0 fully saturated rings. The Bertz CT molecular complexity index is 1250. The molecule has 0 aliphatic heterocycles. The van der Waals surface area contributed by atoms with Gasteiger partial charge in [-0.25, -0.2) is 10.2 Å². The van der Waals surface area contributed by atoms with Crippen LogP contribution in [0.5, 0.6) is 11.5 Å². The number of hydrogen-bond acceptors (Lipinski definition) is 6. The van der Waals surface area contributed by atoms with E-state index in [-0.39, 0.29) is 22.9 Å². The summed E-state index contributed by atoms with van der Waals surface area (Å²) in [5.74, 6) is -0.987. The topological polar surface area (TPSA) is 106 Å². The fourth-order valence-electron chi connectivity index (χ4n) is 2.74. The summed E-state index contributed by atoms with van der Waals surface area (Å²) in [7, 11) is 1.44. The average molecular weight is 545 g/mol. The van der Waals surface area contributed by atoms with Crippen molar-refractivity contribution in [2.24, 2.45) is 5.10 Å². The maximum atomic E-state index is 12.4. The lowest BCUT2D eigenvalue weighted by Crippen LogP contribution is -2.35. The molecule has 0 radical (unpaired) electrons. The molecular formula is C24H19BrClN3O5. The molecule has 0 aliphatic carbocycles. The molecule has 0 saturated carbocycles. The molecule has 0 heterocycles. The minimum atomic E-state index is -0.535. The second-order valence-electron chi connectivity index (χ2n) is 6.77. The van der Waals surface area contributed by atoms with E-state index in [0.717, 1.165) is 4.47 Å². The summed E-state index contributed by atoms with van der Waals surface area (Å²) in [4.78, 5) is 36.4. The molecule has 34 heavy (non-hydrogen) atoms. The van der Waals surface area contributed by atoms with Crippen molar-refractivity contribution in [1.29, 1.82) is 0 Å². The first-order valence-corrected chi connectivity index (χ1v) is 11.0. The first kappa shape index (κ1) is 24.9. The average Bonchev–Trinajstić information content (AvgIpc) is 2.83. The number of ether oxygens (including phenoxy) is 2. The number of carbonyl (C=O) groups excluding carboxylic acids is 3. The zero-order valence-corrected chi connectivity index (χ0v) is 20.2. The van der Waals surface area contributed by atoms with Gasteiger partial charge in [-0.1, -0.05) is 45.7 Å². The van der Waals surface area contributed by atoms with Gasteiger partial charge in [0.1, 0.15) is 0 Å². The predicted octanol–water partition coefficient (Wildman–Crippen LogP) is 4.21. The monoisotopic (exact) mass is 543 g/mol. The Kier molecular flexibility index (Phi) is 8.78. The highest BCUT2D eigenvalue weighted by atomic mass is 79.9. The minimum Gasteiger partial charge on any atom is -0.493 e. The number of amides is 2. The van der Waals surface area contributed by atoms with E-state index >= 15 is 0 Å². The Hall–Kier alpha value is -3.69. The number of hydrogen-bond donors (Lipinski definition) is 2. The number of methoxy groups -OCH3 is 1. The van der Waals surface area contributed by atoms with Gasteiger partial charge in [-0.2, -0.15) is 5.10 Å². The fourth-order valence-corrected chi connectivity index (χ4v) is 3.36. The van der Waals surface area contributed by atoms with Gasteiger partial charge >= 0.3 is 5.97 Å². The van der Waals surface area contributed by atoms with Crippen LogP contribution in [0.3, 0.4) is 0 Å². The zero-order valence-electron chi connectivity index (χ0n) is 17.9. The van der Waals surface area contributed by atoms with Crippen LogP contribution in [0.15, 0.2) is 76.3 Å². The summed E-state index contributed by atoms with van der Waals surface area (Å²) in [6.07, 6.45) is 1.39. The van der Waals surface area contributed by atoms with Crippen molar-refractivity contribution in [3.8, 4) is 11.5 Å². The van der Waals surface area contributed by atoms with Gasteiger partial charge in [0.05, 0.1) is 36.0 Å². The molecule has 0 spiro atoms. The van der Waals surface area contributed by atoms with Gasteiger partial charge in [0, 0.05) is 4.47 Å². The second kappa shape index (κ2) is 12.0. The number of halogens is 2. The van der Waals surface area contributed by atoms with E-state index in [2.05, 4.69) is 31.8 Å². The molecule has 174 valence electrons. The maximum absolute atomic E-state index is 12.4. The van der Waals surface area contributed by atoms with E-state index in [1.165, 1.54) is 13.3 Å². The highest BCUT2D eigenvalue weighted by Crippen LogP contribution is 2.28. The zero-order chi connectivity index (χ0) is 24.5. The van der Waals surface area contributed by atoms with Crippen LogP contribution in [-0.2, 0) is 4.79 Å². The Labute approximate surface area is 209 Å². The van der Waals surface area contributed by atoms with Gasteiger partial charge < -0.3 is 14.8 Å². The summed E-state index contributed by atoms with van der Waals surface area (Å²) in [5, 5.41) is 6.62. The third-order valence-corrected chi connectivity index (χ3v) is 5.20. The molecule has 0 aromatic heterocycles. The van der Waals surface area contributed by atoms with Crippen molar-refractivity contribution < 1.29 is 23.9 Å². The van der Waals surface area contributed by atoms with Gasteiger partial charge in [0.15, 0.2) is 11.5 Å². The van der Waals surface area contributed by atoms with E-state index in [1.807, 2.05) is 0 Å². The third-order valence-electron chi connectivity index (χ3n) is 4.38. The largest absolute Gasteiger partial charge is 0.493 e. The number of benzene rings is 3. The molecule has 3 aromatic carbocycles. The minimum absolute atomic E-state index is 0.232. The predicted molar refractivity (Wildman–Crippen MR) is 132 cm³/mol. The van der Waals surface area contributed by atoms with Gasteiger partial charge in [-0.15, -0.1) is 0 Å². The summed E-state index contributed by atoms with van der Waals surface area (Å²) < 4.78 is 11.5. The Morgan fingerprint density at radius 1 is 1.03 bits per heavy atom. The first-order valence-electron chi connectivity index (χ1n) is 9.88. The molecule has 8 nitrogen and oxygen atoms in total.